The molecule has 26 heavy (non-hydrogen) atoms. The number of rotatable bonds is 6. The summed E-state index contributed by atoms with van der Waals surface area (Å²) in [4.78, 5) is 11.3. The highest BCUT2D eigenvalue weighted by Crippen LogP contribution is 2.11. The third-order valence-electron chi connectivity index (χ3n) is 4.77. The van der Waals surface area contributed by atoms with Crippen LogP contribution in [0.3, 0.4) is 0 Å². The van der Waals surface area contributed by atoms with Crippen LogP contribution in [0.2, 0.25) is 0 Å². The van der Waals surface area contributed by atoms with Crippen LogP contribution < -0.4 is 10.1 Å². The Bertz CT molecular complexity index is 551. The van der Waals surface area contributed by atoms with Crippen molar-refractivity contribution in [2.24, 2.45) is 4.99 Å². The molecule has 1 aromatic carbocycles. The van der Waals surface area contributed by atoms with Crippen molar-refractivity contribution in [1.29, 1.82) is 0 Å². The number of nitrogens with zero attached hydrogens (tertiary/aromatic N) is 4. The highest BCUT2D eigenvalue weighted by atomic mass is 127. The van der Waals surface area contributed by atoms with Crippen molar-refractivity contribution in [3.63, 3.8) is 0 Å². The topological polar surface area (TPSA) is 43.3 Å². The molecule has 7 heteroatoms. The number of benzene rings is 1. The SMILES string of the molecule is CN=C(NCC1CN(C)CCN1C)N(C)CCOc1ccc(C)cc1.I. The van der Waals surface area contributed by atoms with Crippen molar-refractivity contribution >= 4 is 29.9 Å². The van der Waals surface area contributed by atoms with E-state index in [9.17, 15) is 0 Å². The summed E-state index contributed by atoms with van der Waals surface area (Å²) in [5.41, 5.74) is 1.24. The molecule has 1 N–H and O–H groups in total. The highest BCUT2D eigenvalue weighted by Gasteiger charge is 2.22. The summed E-state index contributed by atoms with van der Waals surface area (Å²) >= 11 is 0. The standard InChI is InChI=1S/C19H33N5O.HI/c1-16-6-8-18(9-7-16)25-13-12-24(5)19(20-2)21-14-17-15-22(3)10-11-23(17)4;/h6-9,17H,10-15H2,1-5H3,(H,20,21);1H. The maximum atomic E-state index is 5.81. The summed E-state index contributed by atoms with van der Waals surface area (Å²) in [6.45, 7) is 7.73. The predicted molar refractivity (Wildman–Crippen MR) is 120 cm³/mol. The Morgan fingerprint density at radius 3 is 2.62 bits per heavy atom. The second kappa shape index (κ2) is 11.6. The Morgan fingerprint density at radius 2 is 1.96 bits per heavy atom. The maximum Gasteiger partial charge on any atom is 0.193 e. The first-order valence-electron chi connectivity index (χ1n) is 8.99. The fraction of sp³-hybridized carbons (Fsp3) is 0.632. The summed E-state index contributed by atoms with van der Waals surface area (Å²) < 4.78 is 5.81. The van der Waals surface area contributed by atoms with E-state index in [1.54, 1.807) is 0 Å². The Kier molecular flexibility index (Phi) is 10.3. The lowest BCUT2D eigenvalue weighted by atomic mass is 10.2. The number of guanidine groups is 1. The Morgan fingerprint density at radius 1 is 1.27 bits per heavy atom. The van der Waals surface area contributed by atoms with Crippen LogP contribution in [-0.4, -0.2) is 94.2 Å². The van der Waals surface area contributed by atoms with E-state index < -0.39 is 0 Å². The van der Waals surface area contributed by atoms with E-state index in [0.29, 0.717) is 12.6 Å². The third-order valence-corrected chi connectivity index (χ3v) is 4.77. The summed E-state index contributed by atoms with van der Waals surface area (Å²) in [5, 5.41) is 3.50. The minimum Gasteiger partial charge on any atom is -0.492 e. The van der Waals surface area contributed by atoms with Crippen LogP contribution in [0.5, 0.6) is 5.75 Å². The lowest BCUT2D eigenvalue weighted by Crippen LogP contribution is -2.55. The van der Waals surface area contributed by atoms with E-state index in [2.05, 4.69) is 58.2 Å². The van der Waals surface area contributed by atoms with Gasteiger partial charge in [-0.3, -0.25) is 9.89 Å². The van der Waals surface area contributed by atoms with Gasteiger partial charge < -0.3 is 19.9 Å². The molecule has 1 aliphatic rings. The lowest BCUT2D eigenvalue weighted by Gasteiger charge is -2.38. The third kappa shape index (κ3) is 7.28. The van der Waals surface area contributed by atoms with Gasteiger partial charge in [0.1, 0.15) is 12.4 Å². The summed E-state index contributed by atoms with van der Waals surface area (Å²) in [7, 11) is 8.26. The molecule has 1 aliphatic heterocycles. The van der Waals surface area contributed by atoms with Gasteiger partial charge in [-0.05, 0) is 33.2 Å². The van der Waals surface area contributed by atoms with E-state index in [1.165, 1.54) is 5.56 Å². The molecule has 6 nitrogen and oxygen atoms in total. The van der Waals surface area contributed by atoms with Gasteiger partial charge >= 0.3 is 0 Å². The molecule has 1 atom stereocenters. The fourth-order valence-electron chi connectivity index (χ4n) is 2.96. The van der Waals surface area contributed by atoms with Gasteiger partial charge in [-0.2, -0.15) is 0 Å². The van der Waals surface area contributed by atoms with Crippen molar-refractivity contribution in [2.45, 2.75) is 13.0 Å². The van der Waals surface area contributed by atoms with Gasteiger partial charge in [0, 0.05) is 46.3 Å². The van der Waals surface area contributed by atoms with Crippen molar-refractivity contribution in [1.82, 2.24) is 20.0 Å². The fourth-order valence-corrected chi connectivity index (χ4v) is 2.96. The Balaban J connectivity index is 0.00000338. The first kappa shape index (κ1) is 23.0. The van der Waals surface area contributed by atoms with E-state index in [1.807, 2.05) is 26.2 Å². The normalized spacial score (nSPS) is 19.0. The smallest absolute Gasteiger partial charge is 0.193 e. The van der Waals surface area contributed by atoms with E-state index >= 15 is 0 Å². The molecule has 0 saturated carbocycles. The van der Waals surface area contributed by atoms with Crippen LogP contribution >= 0.6 is 24.0 Å². The number of likely N-dealkylation sites (N-methyl/N-ethyl adjacent to an activating group) is 3. The molecule has 148 valence electrons. The Labute approximate surface area is 175 Å². The minimum atomic E-state index is 0. The largest absolute Gasteiger partial charge is 0.492 e. The molecule has 0 amide bonds. The average molecular weight is 475 g/mol. The van der Waals surface area contributed by atoms with Crippen molar-refractivity contribution < 1.29 is 4.74 Å². The van der Waals surface area contributed by atoms with Crippen molar-refractivity contribution in [3.05, 3.63) is 29.8 Å². The van der Waals surface area contributed by atoms with Crippen LogP contribution in [0, 0.1) is 6.92 Å². The second-order valence-electron chi connectivity index (χ2n) is 6.91. The molecule has 0 spiro atoms. The lowest BCUT2D eigenvalue weighted by molar-refractivity contribution is 0.116. The molecule has 0 aromatic heterocycles. The Hall–Kier alpha value is -1.06. The number of nitrogens with one attached hydrogen (secondary N) is 1. The molecule has 2 rings (SSSR count). The molecule has 1 aromatic rings. The summed E-state index contributed by atoms with van der Waals surface area (Å²) in [6, 6.07) is 8.66. The average Bonchev–Trinajstić information content (AvgIpc) is 2.60. The van der Waals surface area contributed by atoms with Gasteiger partial charge in [0.15, 0.2) is 5.96 Å². The van der Waals surface area contributed by atoms with Crippen LogP contribution in [-0.2, 0) is 0 Å². The van der Waals surface area contributed by atoms with Gasteiger partial charge in [0.05, 0.1) is 6.54 Å². The molecular formula is C19H34IN5O. The van der Waals surface area contributed by atoms with Gasteiger partial charge in [-0.25, -0.2) is 0 Å². The maximum absolute atomic E-state index is 5.81. The number of hydrogen-bond acceptors (Lipinski definition) is 4. The molecule has 1 saturated heterocycles. The number of aryl methyl sites for hydroxylation is 1. The van der Waals surface area contributed by atoms with E-state index in [4.69, 9.17) is 4.74 Å². The zero-order valence-corrected chi connectivity index (χ0v) is 19.1. The van der Waals surface area contributed by atoms with Crippen LogP contribution in [0.4, 0.5) is 0 Å². The first-order valence-corrected chi connectivity index (χ1v) is 8.99. The summed E-state index contributed by atoms with van der Waals surface area (Å²) in [5.74, 6) is 1.82. The zero-order chi connectivity index (χ0) is 18.2. The van der Waals surface area contributed by atoms with Gasteiger partial charge in [-0.15, -0.1) is 24.0 Å². The van der Waals surface area contributed by atoms with Gasteiger partial charge in [0.2, 0.25) is 0 Å². The minimum absolute atomic E-state index is 0. The van der Waals surface area contributed by atoms with Crippen LogP contribution in [0.25, 0.3) is 0 Å². The monoisotopic (exact) mass is 475 g/mol. The van der Waals surface area contributed by atoms with Crippen LogP contribution in [0.15, 0.2) is 29.3 Å². The zero-order valence-electron chi connectivity index (χ0n) is 16.7. The summed E-state index contributed by atoms with van der Waals surface area (Å²) in [6.07, 6.45) is 0. The number of hydrogen-bond donors (Lipinski definition) is 1. The molecule has 1 heterocycles. The molecule has 0 aliphatic carbocycles. The molecule has 1 unspecified atom stereocenters. The van der Waals surface area contributed by atoms with Gasteiger partial charge in [0.25, 0.3) is 0 Å². The molecular weight excluding hydrogens is 441 g/mol. The number of halogens is 1. The van der Waals surface area contributed by atoms with E-state index in [-0.39, 0.29) is 24.0 Å². The second-order valence-corrected chi connectivity index (χ2v) is 6.91. The molecule has 0 radical (unpaired) electrons. The predicted octanol–water partition coefficient (Wildman–Crippen LogP) is 1.74. The molecule has 0 bridgehead atoms. The van der Waals surface area contributed by atoms with Crippen molar-refractivity contribution in [3.8, 4) is 5.75 Å². The number of piperazine rings is 1. The number of ether oxygens (including phenoxy) is 1. The van der Waals surface area contributed by atoms with E-state index in [0.717, 1.165) is 44.4 Å². The van der Waals surface area contributed by atoms with Crippen LogP contribution in [0.1, 0.15) is 5.56 Å². The van der Waals surface area contributed by atoms with Crippen molar-refractivity contribution in [2.75, 3.05) is 67.5 Å². The molecule has 1 fully saturated rings. The number of aliphatic imine (C=N–C) groups is 1. The quantitative estimate of drug-likeness (QED) is 0.386. The van der Waals surface area contributed by atoms with Gasteiger partial charge in [-0.1, -0.05) is 17.7 Å². The highest BCUT2D eigenvalue weighted by molar-refractivity contribution is 14.0. The first-order chi connectivity index (χ1) is 12.0.